The van der Waals surface area contributed by atoms with Crippen LogP contribution in [0.5, 0.6) is 23.0 Å². The second-order valence-electron chi connectivity index (χ2n) is 9.57. The number of ether oxygens (including phenoxy) is 3. The van der Waals surface area contributed by atoms with Gasteiger partial charge < -0.3 is 24.4 Å². The van der Waals surface area contributed by atoms with Crippen LogP contribution in [0.2, 0.25) is 0 Å². The van der Waals surface area contributed by atoms with E-state index in [1.807, 2.05) is 72.8 Å². The third kappa shape index (κ3) is 7.21. The molecular formula is C34H32N2O5. The Labute approximate surface area is 239 Å². The highest BCUT2D eigenvalue weighted by atomic mass is 16.5. The Morgan fingerprint density at radius 3 is 1.51 bits per heavy atom. The zero-order valence-electron chi connectivity index (χ0n) is 22.7. The van der Waals surface area contributed by atoms with Crippen molar-refractivity contribution >= 4 is 23.8 Å². The summed E-state index contributed by atoms with van der Waals surface area (Å²) in [7, 11) is 0. The average Bonchev–Trinajstić information content (AvgIpc) is 2.98. The molecule has 1 aliphatic rings. The van der Waals surface area contributed by atoms with E-state index in [0.29, 0.717) is 73.3 Å². The first-order valence-electron chi connectivity index (χ1n) is 13.5. The van der Waals surface area contributed by atoms with Crippen molar-refractivity contribution in [3.8, 4) is 23.0 Å². The number of phenols is 2. The molecule has 2 N–H and O–H groups in total. The Hall–Kier alpha value is -4.88. The van der Waals surface area contributed by atoms with Gasteiger partial charge in [-0.1, -0.05) is 60.7 Å². The molecule has 0 spiro atoms. The first kappa shape index (κ1) is 27.7. The van der Waals surface area contributed by atoms with Gasteiger partial charge in [0.15, 0.2) is 0 Å². The summed E-state index contributed by atoms with van der Waals surface area (Å²) in [5, 5.41) is 22.0. The Morgan fingerprint density at radius 1 is 0.561 bits per heavy atom. The molecule has 1 heterocycles. The van der Waals surface area contributed by atoms with Crippen molar-refractivity contribution < 1.29 is 24.4 Å². The topological polar surface area (TPSA) is 92.9 Å². The number of allylic oxidation sites excluding steroid dienone is 1. The van der Waals surface area contributed by atoms with Crippen LogP contribution in [0.1, 0.15) is 22.3 Å². The minimum absolute atomic E-state index is 0.143. The molecule has 0 atom stereocenters. The first-order valence-corrected chi connectivity index (χ1v) is 13.5. The Bertz CT molecular complexity index is 1460. The standard InChI is InChI=1S/C34H32N2O5/c1-24-20-25-8-6-10-27(33(25)37)22-35-29-12-2-4-14-31(29)40-18-16-39-17-19-41-32-15-5-3-13-30(32)36-23-28-11-7-9-26(21-24)34(28)38/h2-15,22-23,37-38H,1,16-21H2. The Morgan fingerprint density at radius 2 is 1.02 bits per heavy atom. The lowest BCUT2D eigenvalue weighted by molar-refractivity contribution is 0.0767. The quantitative estimate of drug-likeness (QED) is 0.238. The van der Waals surface area contributed by atoms with E-state index in [0.717, 1.165) is 16.7 Å². The third-order valence-corrected chi connectivity index (χ3v) is 6.57. The molecule has 0 aromatic heterocycles. The van der Waals surface area contributed by atoms with Crippen molar-refractivity contribution in [1.82, 2.24) is 0 Å². The zero-order valence-corrected chi connectivity index (χ0v) is 22.7. The number of para-hydroxylation sites is 6. The number of hydrogen-bond acceptors (Lipinski definition) is 7. The summed E-state index contributed by atoms with van der Waals surface area (Å²) in [6, 6.07) is 26.0. The average molecular weight is 549 g/mol. The molecule has 0 fully saturated rings. The second kappa shape index (κ2) is 13.5. The van der Waals surface area contributed by atoms with Crippen molar-refractivity contribution in [3.63, 3.8) is 0 Å². The fraction of sp³-hybridized carbons (Fsp3) is 0.176. The van der Waals surface area contributed by atoms with E-state index in [2.05, 4.69) is 16.6 Å². The molecule has 41 heavy (non-hydrogen) atoms. The van der Waals surface area contributed by atoms with E-state index >= 15 is 0 Å². The van der Waals surface area contributed by atoms with Crippen LogP contribution in [0.4, 0.5) is 11.4 Å². The molecule has 0 saturated heterocycles. The predicted octanol–water partition coefficient (Wildman–Crippen LogP) is 6.73. The molecule has 5 rings (SSSR count). The van der Waals surface area contributed by atoms with E-state index in [-0.39, 0.29) is 11.5 Å². The van der Waals surface area contributed by atoms with Gasteiger partial charge in [0.05, 0.1) is 13.2 Å². The molecule has 0 amide bonds. The largest absolute Gasteiger partial charge is 0.507 e. The number of hydrogen-bond donors (Lipinski definition) is 2. The van der Waals surface area contributed by atoms with Gasteiger partial charge in [-0.15, -0.1) is 0 Å². The van der Waals surface area contributed by atoms with Crippen molar-refractivity contribution in [2.24, 2.45) is 9.98 Å². The van der Waals surface area contributed by atoms with Gasteiger partial charge in [-0.05, 0) is 60.4 Å². The smallest absolute Gasteiger partial charge is 0.145 e. The van der Waals surface area contributed by atoms with Gasteiger partial charge in [-0.3, -0.25) is 9.98 Å². The van der Waals surface area contributed by atoms with Crippen LogP contribution in [0.15, 0.2) is 107 Å². The molecule has 0 aliphatic carbocycles. The number of fused-ring (bicyclic) bond motifs is 6. The fourth-order valence-electron chi connectivity index (χ4n) is 4.49. The minimum Gasteiger partial charge on any atom is -0.507 e. The zero-order chi connectivity index (χ0) is 28.4. The molecule has 208 valence electrons. The molecule has 1 aliphatic heterocycles. The van der Waals surface area contributed by atoms with Crippen molar-refractivity contribution in [2.45, 2.75) is 12.8 Å². The summed E-state index contributed by atoms with van der Waals surface area (Å²) in [6.45, 7) is 5.67. The van der Waals surface area contributed by atoms with E-state index in [1.54, 1.807) is 24.6 Å². The monoisotopic (exact) mass is 548 g/mol. The molecule has 0 radical (unpaired) electrons. The molecule has 4 bridgehead atoms. The summed E-state index contributed by atoms with van der Waals surface area (Å²) in [5.74, 6) is 1.53. The van der Waals surface area contributed by atoms with E-state index in [1.165, 1.54) is 0 Å². The van der Waals surface area contributed by atoms with Gasteiger partial charge >= 0.3 is 0 Å². The van der Waals surface area contributed by atoms with Crippen LogP contribution >= 0.6 is 0 Å². The Kier molecular flexibility index (Phi) is 9.08. The fourth-order valence-corrected chi connectivity index (χ4v) is 4.49. The van der Waals surface area contributed by atoms with Gasteiger partial charge in [0.1, 0.15) is 47.6 Å². The van der Waals surface area contributed by atoms with E-state index in [4.69, 9.17) is 14.2 Å². The highest BCUT2D eigenvalue weighted by Gasteiger charge is 2.12. The van der Waals surface area contributed by atoms with Crippen LogP contribution in [-0.2, 0) is 17.6 Å². The summed E-state index contributed by atoms with van der Waals surface area (Å²) >= 11 is 0. The van der Waals surface area contributed by atoms with Crippen LogP contribution < -0.4 is 9.47 Å². The summed E-state index contributed by atoms with van der Waals surface area (Å²) in [6.07, 6.45) is 4.14. The van der Waals surface area contributed by atoms with Crippen molar-refractivity contribution in [2.75, 3.05) is 26.4 Å². The van der Waals surface area contributed by atoms with Crippen LogP contribution in [0.25, 0.3) is 0 Å². The van der Waals surface area contributed by atoms with Crippen LogP contribution in [0.3, 0.4) is 0 Å². The van der Waals surface area contributed by atoms with Gasteiger partial charge in [0.25, 0.3) is 0 Å². The van der Waals surface area contributed by atoms with Gasteiger partial charge in [0, 0.05) is 23.6 Å². The molecule has 7 heteroatoms. The number of phenolic OH excluding ortho intramolecular Hbond substituents is 2. The number of nitrogens with zero attached hydrogens (tertiary/aromatic N) is 2. The molecule has 0 unspecified atom stereocenters. The maximum atomic E-state index is 11.0. The number of rotatable bonds is 0. The van der Waals surface area contributed by atoms with Crippen molar-refractivity contribution in [1.29, 1.82) is 0 Å². The van der Waals surface area contributed by atoms with Crippen LogP contribution in [-0.4, -0.2) is 49.1 Å². The maximum Gasteiger partial charge on any atom is 0.145 e. The lowest BCUT2D eigenvalue weighted by Gasteiger charge is -2.13. The molecule has 7 nitrogen and oxygen atoms in total. The highest BCUT2D eigenvalue weighted by molar-refractivity contribution is 5.87. The van der Waals surface area contributed by atoms with Gasteiger partial charge in [0.2, 0.25) is 0 Å². The highest BCUT2D eigenvalue weighted by Crippen LogP contribution is 2.31. The van der Waals surface area contributed by atoms with E-state index in [9.17, 15) is 10.2 Å². The molecular weight excluding hydrogens is 516 g/mol. The van der Waals surface area contributed by atoms with Crippen LogP contribution in [0, 0.1) is 0 Å². The van der Waals surface area contributed by atoms with Gasteiger partial charge in [-0.2, -0.15) is 0 Å². The molecule has 0 saturated carbocycles. The number of benzene rings is 4. The SMILES string of the molecule is C=C1Cc2cccc(c2O)C=Nc2ccccc2OCCOCCOc2ccccc2N=Cc2cccc(c2O)C1. The molecule has 4 aromatic carbocycles. The summed E-state index contributed by atoms with van der Waals surface area (Å²) in [4.78, 5) is 9.17. The Balaban J connectivity index is 1.44. The normalized spacial score (nSPS) is 14.6. The molecule has 4 aromatic rings. The summed E-state index contributed by atoms with van der Waals surface area (Å²) in [5.41, 5.74) is 4.76. The lowest BCUT2D eigenvalue weighted by atomic mass is 9.96. The summed E-state index contributed by atoms with van der Waals surface area (Å²) < 4.78 is 17.5. The lowest BCUT2D eigenvalue weighted by Crippen LogP contribution is -2.12. The minimum atomic E-state index is 0.143. The second-order valence-corrected chi connectivity index (χ2v) is 9.57. The van der Waals surface area contributed by atoms with E-state index < -0.39 is 0 Å². The van der Waals surface area contributed by atoms with Crippen molar-refractivity contribution in [3.05, 3.63) is 119 Å². The van der Waals surface area contributed by atoms with Gasteiger partial charge in [-0.25, -0.2) is 0 Å². The first-order chi connectivity index (χ1) is 20.1. The maximum absolute atomic E-state index is 11.0. The predicted molar refractivity (Wildman–Crippen MR) is 162 cm³/mol. The third-order valence-electron chi connectivity index (χ3n) is 6.57. The number of aromatic hydroxyl groups is 2. The number of aliphatic imine (C=N–C) groups is 2.